The number of nitrogens with one attached hydrogen (secondary N) is 1. The van der Waals surface area contributed by atoms with Crippen LogP contribution in [0, 0.1) is 17.8 Å². The summed E-state index contributed by atoms with van der Waals surface area (Å²) < 4.78 is 7.12. The largest absolute Gasteiger partial charge is 0.439 e. The predicted molar refractivity (Wildman–Crippen MR) is 154 cm³/mol. The highest BCUT2D eigenvalue weighted by Crippen LogP contribution is 2.43. The van der Waals surface area contributed by atoms with Gasteiger partial charge in [0.15, 0.2) is 0 Å². The second-order valence-electron chi connectivity index (χ2n) is 12.0. The summed E-state index contributed by atoms with van der Waals surface area (Å²) in [5, 5.41) is 15.1. The molecule has 0 bridgehead atoms. The van der Waals surface area contributed by atoms with Gasteiger partial charge in [-0.1, -0.05) is 50.4 Å². The Balaban J connectivity index is 1.62. The van der Waals surface area contributed by atoms with E-state index in [9.17, 15) is 9.90 Å². The zero-order valence-corrected chi connectivity index (χ0v) is 24.1. The monoisotopic (exact) mass is 565 g/mol. The van der Waals surface area contributed by atoms with E-state index >= 15 is 0 Å². The summed E-state index contributed by atoms with van der Waals surface area (Å²) in [7, 11) is 0. The predicted octanol–water partition coefficient (Wildman–Crippen LogP) is 5.47. The molecule has 2 fully saturated rings. The van der Waals surface area contributed by atoms with Crippen LogP contribution in [0.5, 0.6) is 0 Å². The molecule has 2 unspecified atom stereocenters. The summed E-state index contributed by atoms with van der Waals surface area (Å²) in [4.78, 5) is 31.2. The molecule has 0 aromatic carbocycles. The first-order chi connectivity index (χ1) is 19.2. The maximum absolute atomic E-state index is 11.8. The van der Waals surface area contributed by atoms with E-state index in [1.165, 1.54) is 12.8 Å². The molecule has 4 aromatic rings. The molecule has 0 radical (unpaired) electrons. The highest BCUT2D eigenvalue weighted by Gasteiger charge is 2.38. The fourth-order valence-electron chi connectivity index (χ4n) is 6.59. The van der Waals surface area contributed by atoms with Gasteiger partial charge in [0.2, 0.25) is 11.8 Å². The molecule has 0 amide bonds. The Morgan fingerprint density at radius 3 is 2.58 bits per heavy atom. The van der Waals surface area contributed by atoms with Gasteiger partial charge in [0.1, 0.15) is 5.69 Å². The zero-order valence-electron chi connectivity index (χ0n) is 23.3. The molecule has 0 spiro atoms. The average Bonchev–Trinajstić information content (AvgIpc) is 3.64. The van der Waals surface area contributed by atoms with Gasteiger partial charge in [-0.3, -0.25) is 14.5 Å². The normalized spacial score (nSPS) is 24.3. The van der Waals surface area contributed by atoms with Crippen molar-refractivity contribution in [2.45, 2.75) is 78.0 Å². The topological polar surface area (TPSA) is 126 Å². The van der Waals surface area contributed by atoms with Gasteiger partial charge in [-0.2, -0.15) is 0 Å². The van der Waals surface area contributed by atoms with Crippen molar-refractivity contribution in [1.82, 2.24) is 29.7 Å². The van der Waals surface area contributed by atoms with Crippen molar-refractivity contribution < 1.29 is 9.63 Å². The molecule has 1 saturated carbocycles. The molecule has 1 aliphatic carbocycles. The third-order valence-corrected chi connectivity index (χ3v) is 9.02. The Hall–Kier alpha value is -3.24. The van der Waals surface area contributed by atoms with Crippen LogP contribution in [0.3, 0.4) is 0 Å². The van der Waals surface area contributed by atoms with Crippen LogP contribution in [0.15, 0.2) is 33.8 Å². The van der Waals surface area contributed by atoms with Crippen LogP contribution in [0.4, 0.5) is 5.95 Å². The molecule has 11 heteroatoms. The number of hydrogen-bond acceptors (Lipinski definition) is 8. The number of fused-ring (bicyclic) bond motifs is 1. The number of aliphatic hydroxyl groups is 1. The first kappa shape index (κ1) is 27.0. The minimum absolute atomic E-state index is 0.142. The van der Waals surface area contributed by atoms with Gasteiger partial charge >= 0.3 is 5.76 Å². The minimum atomic E-state index is -0.653. The molecular formula is C29H36ClN7O3. The Morgan fingerprint density at radius 2 is 1.90 bits per heavy atom. The second kappa shape index (κ2) is 10.6. The van der Waals surface area contributed by atoms with Crippen LogP contribution in [-0.2, 0) is 0 Å². The van der Waals surface area contributed by atoms with E-state index in [0.717, 1.165) is 41.3 Å². The van der Waals surface area contributed by atoms with Crippen LogP contribution >= 0.6 is 11.6 Å². The number of β-amino-alcohol motifs (C(OH)–C–C–N with tert-alkyl or cyclic N) is 1. The molecule has 2 aliphatic rings. The molecule has 2 N–H and O–H groups in total. The number of aromatic amines is 1. The van der Waals surface area contributed by atoms with Crippen LogP contribution in [-0.4, -0.2) is 53.5 Å². The number of anilines is 1. The number of H-pyrrole nitrogens is 1. The lowest BCUT2D eigenvalue weighted by Gasteiger charge is -2.35. The van der Waals surface area contributed by atoms with Gasteiger partial charge in [0.05, 0.1) is 27.9 Å². The average molecular weight is 566 g/mol. The number of hydrogen-bond donors (Lipinski definition) is 2. The van der Waals surface area contributed by atoms with Crippen molar-refractivity contribution in [3.63, 3.8) is 0 Å². The molecule has 212 valence electrons. The van der Waals surface area contributed by atoms with Crippen molar-refractivity contribution in [3.05, 3.63) is 40.1 Å². The van der Waals surface area contributed by atoms with Gasteiger partial charge < -0.3 is 14.6 Å². The summed E-state index contributed by atoms with van der Waals surface area (Å²) in [6.45, 7) is 9.52. The van der Waals surface area contributed by atoms with Gasteiger partial charge in [-0.05, 0) is 56.1 Å². The molecule has 40 heavy (non-hydrogen) atoms. The number of rotatable bonds is 6. The lowest BCUT2D eigenvalue weighted by atomic mass is 9.79. The van der Waals surface area contributed by atoms with E-state index in [1.54, 1.807) is 12.4 Å². The van der Waals surface area contributed by atoms with Crippen molar-refractivity contribution in [2.75, 3.05) is 11.4 Å². The summed E-state index contributed by atoms with van der Waals surface area (Å²) in [5.41, 5.74) is 3.43. The Kier molecular flexibility index (Phi) is 7.16. The van der Waals surface area contributed by atoms with Gasteiger partial charge in [-0.25, -0.2) is 14.8 Å². The lowest BCUT2D eigenvalue weighted by Crippen LogP contribution is -2.36. The van der Waals surface area contributed by atoms with Crippen molar-refractivity contribution in [3.8, 4) is 22.8 Å². The Bertz CT molecular complexity index is 1570. The number of imidazole rings is 1. The number of pyridine rings is 2. The highest BCUT2D eigenvalue weighted by atomic mass is 35.5. The summed E-state index contributed by atoms with van der Waals surface area (Å²) in [5.74, 6) is 1.96. The molecular weight excluding hydrogens is 530 g/mol. The SMILES string of the molecule is CC1CCC(C(C)n2c(N3CC(O)C[C@H]3C(C)C)nc3cc(-c4noc(=O)[nH]4)nc(-c4cncc(Cl)c4)c32)CC1. The fourth-order valence-corrected chi connectivity index (χ4v) is 6.76. The number of halogens is 1. The van der Waals surface area contributed by atoms with Gasteiger partial charge in [0.25, 0.3) is 0 Å². The van der Waals surface area contributed by atoms with Crippen LogP contribution in [0.2, 0.25) is 5.02 Å². The molecule has 6 rings (SSSR count). The summed E-state index contributed by atoms with van der Waals surface area (Å²) in [6.07, 6.45) is 8.33. The van der Waals surface area contributed by atoms with E-state index in [2.05, 4.69) is 52.3 Å². The first-order valence-corrected chi connectivity index (χ1v) is 14.6. The second-order valence-corrected chi connectivity index (χ2v) is 12.4. The maximum atomic E-state index is 11.8. The van der Waals surface area contributed by atoms with E-state index < -0.39 is 11.9 Å². The molecule has 4 aromatic heterocycles. The van der Waals surface area contributed by atoms with E-state index in [-0.39, 0.29) is 17.9 Å². The van der Waals surface area contributed by atoms with Crippen LogP contribution in [0.25, 0.3) is 33.8 Å². The Labute approximate surface area is 237 Å². The van der Waals surface area contributed by atoms with E-state index in [1.807, 2.05) is 12.1 Å². The third kappa shape index (κ3) is 4.92. The maximum Gasteiger partial charge on any atom is 0.439 e. The quantitative estimate of drug-likeness (QED) is 0.315. The summed E-state index contributed by atoms with van der Waals surface area (Å²) in [6, 6.07) is 3.98. The lowest BCUT2D eigenvalue weighted by molar-refractivity contribution is 0.191. The Morgan fingerprint density at radius 1 is 1.12 bits per heavy atom. The third-order valence-electron chi connectivity index (χ3n) is 8.81. The fraction of sp³-hybridized carbons (Fsp3) is 0.552. The van der Waals surface area contributed by atoms with E-state index in [4.69, 9.17) is 26.1 Å². The minimum Gasteiger partial charge on any atom is -0.391 e. The van der Waals surface area contributed by atoms with Gasteiger partial charge in [-0.15, -0.1) is 0 Å². The van der Waals surface area contributed by atoms with Crippen molar-refractivity contribution >= 4 is 28.6 Å². The number of nitrogens with zero attached hydrogens (tertiary/aromatic N) is 6. The molecule has 1 saturated heterocycles. The van der Waals surface area contributed by atoms with Crippen LogP contribution < -0.4 is 10.7 Å². The summed E-state index contributed by atoms with van der Waals surface area (Å²) >= 11 is 6.40. The standard InChI is InChI=1S/C29H36ClN7O3/c1-15(2)24-10-21(38)14-36(24)28-33-22-11-23(27-34-29(39)40-35-27)32-25(19-9-20(30)13-31-12-19)26(22)37(28)17(4)18-7-5-16(3)6-8-18/h9,11-13,15-18,21,24,38H,5-8,10,14H2,1-4H3,(H,34,35,39)/t16?,17?,18?,21?,24-/m0/s1. The molecule has 1 aliphatic heterocycles. The first-order valence-electron chi connectivity index (χ1n) is 14.2. The smallest absolute Gasteiger partial charge is 0.391 e. The number of aliphatic hydroxyl groups excluding tert-OH is 1. The number of aromatic nitrogens is 6. The highest BCUT2D eigenvalue weighted by molar-refractivity contribution is 6.30. The van der Waals surface area contributed by atoms with Crippen molar-refractivity contribution in [1.29, 1.82) is 0 Å². The molecule has 5 heterocycles. The molecule has 10 nitrogen and oxygen atoms in total. The van der Waals surface area contributed by atoms with Crippen LogP contribution in [0.1, 0.15) is 65.8 Å². The zero-order chi connectivity index (χ0) is 28.1. The molecule has 3 atom stereocenters. The van der Waals surface area contributed by atoms with E-state index in [0.29, 0.717) is 41.2 Å². The van der Waals surface area contributed by atoms with Crippen molar-refractivity contribution in [2.24, 2.45) is 17.8 Å². The van der Waals surface area contributed by atoms with Gasteiger partial charge in [0, 0.05) is 36.6 Å².